The fourth-order valence-corrected chi connectivity index (χ4v) is 2.40. The molecule has 96 valence electrons. The highest BCUT2D eigenvalue weighted by Crippen LogP contribution is 2.33. The van der Waals surface area contributed by atoms with Crippen LogP contribution in [0.2, 0.25) is 10.0 Å². The van der Waals surface area contributed by atoms with Crippen LogP contribution >= 0.6 is 23.2 Å². The molecule has 2 N–H and O–H groups in total. The SMILES string of the molecule is Nc1c(-c2ccc(F)cc2Cl)nc2c(Cl)cccn12. The van der Waals surface area contributed by atoms with Crippen LogP contribution in [0.25, 0.3) is 16.9 Å². The number of nitrogens with two attached hydrogens (primary N) is 1. The molecule has 0 bridgehead atoms. The first-order chi connectivity index (χ1) is 9.08. The average molecular weight is 296 g/mol. The number of anilines is 1. The number of hydrogen-bond donors (Lipinski definition) is 1. The van der Waals surface area contributed by atoms with Crippen molar-refractivity contribution in [1.82, 2.24) is 9.38 Å². The Morgan fingerprint density at radius 2 is 1.95 bits per heavy atom. The first-order valence-electron chi connectivity index (χ1n) is 5.45. The Bertz CT molecular complexity index is 783. The van der Waals surface area contributed by atoms with Crippen LogP contribution in [0.1, 0.15) is 0 Å². The molecule has 0 fully saturated rings. The van der Waals surface area contributed by atoms with E-state index in [1.807, 2.05) is 0 Å². The van der Waals surface area contributed by atoms with Gasteiger partial charge in [-0.2, -0.15) is 0 Å². The van der Waals surface area contributed by atoms with Gasteiger partial charge in [-0.15, -0.1) is 0 Å². The maximum Gasteiger partial charge on any atom is 0.157 e. The number of halogens is 3. The molecule has 0 saturated heterocycles. The smallest absolute Gasteiger partial charge is 0.157 e. The number of imidazole rings is 1. The second kappa shape index (κ2) is 4.40. The molecule has 0 radical (unpaired) electrons. The van der Waals surface area contributed by atoms with Crippen LogP contribution < -0.4 is 5.73 Å². The third kappa shape index (κ3) is 1.93. The lowest BCUT2D eigenvalue weighted by Crippen LogP contribution is -1.94. The van der Waals surface area contributed by atoms with Crippen molar-refractivity contribution in [3.8, 4) is 11.3 Å². The van der Waals surface area contributed by atoms with E-state index in [-0.39, 0.29) is 5.02 Å². The van der Waals surface area contributed by atoms with Gasteiger partial charge in [-0.05, 0) is 30.3 Å². The molecule has 0 unspecified atom stereocenters. The van der Waals surface area contributed by atoms with E-state index in [2.05, 4.69) is 4.98 Å². The summed E-state index contributed by atoms with van der Waals surface area (Å²) in [6.07, 6.45) is 1.75. The minimum Gasteiger partial charge on any atom is -0.383 e. The summed E-state index contributed by atoms with van der Waals surface area (Å²) >= 11 is 12.1. The highest BCUT2D eigenvalue weighted by Gasteiger charge is 2.15. The number of hydrogen-bond acceptors (Lipinski definition) is 2. The molecule has 1 aromatic carbocycles. The molecule has 0 saturated carbocycles. The van der Waals surface area contributed by atoms with Gasteiger partial charge in [-0.25, -0.2) is 9.37 Å². The fraction of sp³-hybridized carbons (Fsp3) is 0. The normalized spacial score (nSPS) is 11.1. The van der Waals surface area contributed by atoms with Gasteiger partial charge in [-0.1, -0.05) is 23.2 Å². The molecular weight excluding hydrogens is 288 g/mol. The molecule has 0 aliphatic heterocycles. The van der Waals surface area contributed by atoms with Gasteiger partial charge in [0.05, 0.1) is 10.0 Å². The molecule has 0 spiro atoms. The third-order valence-electron chi connectivity index (χ3n) is 2.83. The third-order valence-corrected chi connectivity index (χ3v) is 3.43. The first kappa shape index (κ1) is 12.3. The Morgan fingerprint density at radius 1 is 1.16 bits per heavy atom. The molecule has 0 aliphatic carbocycles. The summed E-state index contributed by atoms with van der Waals surface area (Å²) in [5.74, 6) is 0.000117. The number of aromatic nitrogens is 2. The van der Waals surface area contributed by atoms with Crippen molar-refractivity contribution in [2.24, 2.45) is 0 Å². The number of benzene rings is 1. The van der Waals surface area contributed by atoms with E-state index < -0.39 is 5.82 Å². The lowest BCUT2D eigenvalue weighted by atomic mass is 10.1. The molecule has 0 amide bonds. The summed E-state index contributed by atoms with van der Waals surface area (Å²) < 4.78 is 14.7. The van der Waals surface area contributed by atoms with Crippen LogP contribution in [0, 0.1) is 5.82 Å². The predicted octanol–water partition coefficient (Wildman–Crippen LogP) is 4.03. The summed E-state index contributed by atoms with van der Waals surface area (Å²) in [7, 11) is 0. The van der Waals surface area contributed by atoms with Crippen LogP contribution in [0.15, 0.2) is 36.5 Å². The second-order valence-corrected chi connectivity index (χ2v) is 4.83. The zero-order valence-corrected chi connectivity index (χ0v) is 11.1. The Morgan fingerprint density at radius 3 is 2.63 bits per heavy atom. The largest absolute Gasteiger partial charge is 0.383 e. The average Bonchev–Trinajstić information content (AvgIpc) is 2.69. The van der Waals surface area contributed by atoms with Gasteiger partial charge in [-0.3, -0.25) is 4.40 Å². The maximum atomic E-state index is 13.1. The van der Waals surface area contributed by atoms with Gasteiger partial charge in [0.2, 0.25) is 0 Å². The number of pyridine rings is 1. The van der Waals surface area contributed by atoms with Crippen molar-refractivity contribution >= 4 is 34.7 Å². The molecule has 6 heteroatoms. The highest BCUT2D eigenvalue weighted by molar-refractivity contribution is 6.34. The van der Waals surface area contributed by atoms with Gasteiger partial charge in [0.25, 0.3) is 0 Å². The quantitative estimate of drug-likeness (QED) is 0.736. The molecule has 2 aromatic heterocycles. The second-order valence-electron chi connectivity index (χ2n) is 4.02. The van der Waals surface area contributed by atoms with Crippen molar-refractivity contribution < 1.29 is 4.39 Å². The van der Waals surface area contributed by atoms with Crippen molar-refractivity contribution in [2.45, 2.75) is 0 Å². The molecule has 2 heterocycles. The standard InChI is InChI=1S/C13H8Cl2FN3/c14-9-2-1-5-19-12(17)11(18-13(9)19)8-4-3-7(16)6-10(8)15/h1-6H,17H2. The molecule has 3 aromatic rings. The number of nitrogen functional groups attached to an aromatic ring is 1. The van der Waals surface area contributed by atoms with Gasteiger partial charge in [0.1, 0.15) is 17.3 Å². The lowest BCUT2D eigenvalue weighted by Gasteiger charge is -2.02. The minimum absolute atomic E-state index is 0.256. The zero-order valence-electron chi connectivity index (χ0n) is 9.57. The van der Waals surface area contributed by atoms with Crippen LogP contribution in [0.3, 0.4) is 0 Å². The Labute approximate surface area is 118 Å². The summed E-state index contributed by atoms with van der Waals surface area (Å²) in [5, 5.41) is 0.741. The summed E-state index contributed by atoms with van der Waals surface area (Å²) in [6.45, 7) is 0. The van der Waals surface area contributed by atoms with Crippen molar-refractivity contribution in [3.05, 3.63) is 52.4 Å². The topological polar surface area (TPSA) is 43.3 Å². The number of nitrogens with zero attached hydrogens (tertiary/aromatic N) is 2. The lowest BCUT2D eigenvalue weighted by molar-refractivity contribution is 0.628. The van der Waals surface area contributed by atoms with E-state index in [1.165, 1.54) is 12.1 Å². The molecule has 3 nitrogen and oxygen atoms in total. The molecule has 0 atom stereocenters. The van der Waals surface area contributed by atoms with Gasteiger partial charge in [0.15, 0.2) is 5.65 Å². The first-order valence-corrected chi connectivity index (χ1v) is 6.21. The van der Waals surface area contributed by atoms with Crippen LogP contribution in [-0.2, 0) is 0 Å². The van der Waals surface area contributed by atoms with Gasteiger partial charge >= 0.3 is 0 Å². The Kier molecular flexibility index (Phi) is 2.84. The summed E-state index contributed by atoms with van der Waals surface area (Å²) in [6, 6.07) is 7.57. The van der Waals surface area contributed by atoms with E-state index >= 15 is 0 Å². The number of fused-ring (bicyclic) bond motifs is 1. The fourth-order valence-electron chi connectivity index (χ4n) is 1.93. The van der Waals surface area contributed by atoms with Gasteiger partial charge < -0.3 is 5.73 Å². The van der Waals surface area contributed by atoms with Gasteiger partial charge in [0, 0.05) is 11.8 Å². The van der Waals surface area contributed by atoms with E-state index in [0.717, 1.165) is 0 Å². The number of rotatable bonds is 1. The monoisotopic (exact) mass is 295 g/mol. The van der Waals surface area contributed by atoms with Crippen LogP contribution in [0.5, 0.6) is 0 Å². The molecule has 3 rings (SSSR count). The molecular formula is C13H8Cl2FN3. The molecule has 0 aliphatic rings. The molecule has 19 heavy (non-hydrogen) atoms. The Balaban J connectivity index is 2.31. The zero-order chi connectivity index (χ0) is 13.6. The predicted molar refractivity (Wildman–Crippen MR) is 75.0 cm³/mol. The van der Waals surface area contributed by atoms with Crippen LogP contribution in [0.4, 0.5) is 10.2 Å². The maximum absolute atomic E-state index is 13.1. The van der Waals surface area contributed by atoms with E-state index in [1.54, 1.807) is 28.8 Å². The summed E-state index contributed by atoms with van der Waals surface area (Å²) in [4.78, 5) is 4.37. The van der Waals surface area contributed by atoms with Crippen molar-refractivity contribution in [3.63, 3.8) is 0 Å². The van der Waals surface area contributed by atoms with Crippen molar-refractivity contribution in [2.75, 3.05) is 5.73 Å². The summed E-state index contributed by atoms with van der Waals surface area (Å²) in [5.41, 5.74) is 7.63. The minimum atomic E-state index is -0.408. The highest BCUT2D eigenvalue weighted by atomic mass is 35.5. The van der Waals surface area contributed by atoms with E-state index in [0.29, 0.717) is 27.7 Å². The van der Waals surface area contributed by atoms with Crippen LogP contribution in [-0.4, -0.2) is 9.38 Å². The van der Waals surface area contributed by atoms with E-state index in [4.69, 9.17) is 28.9 Å². The van der Waals surface area contributed by atoms with E-state index in [9.17, 15) is 4.39 Å². The Hall–Kier alpha value is -1.78. The van der Waals surface area contributed by atoms with Crippen molar-refractivity contribution in [1.29, 1.82) is 0 Å².